The topological polar surface area (TPSA) is 247 Å². The fourth-order valence-electron chi connectivity index (χ4n) is 3.26. The molecule has 16 nitrogen and oxygen atoms in total. The van der Waals surface area contributed by atoms with Gasteiger partial charge in [-0.3, -0.25) is 14.5 Å². The maximum absolute atomic E-state index is 13.3. The molecule has 210 valence electrons. The molecule has 0 radical (unpaired) electrons. The summed E-state index contributed by atoms with van der Waals surface area (Å²) >= 11 is 0. The average Bonchev–Trinajstić information content (AvgIpc) is 2.90. The zero-order chi connectivity index (χ0) is 29.2. The molecular formula is C23H21N5O11S. The molecule has 3 heterocycles. The molecule has 17 heteroatoms. The van der Waals surface area contributed by atoms with Crippen molar-refractivity contribution in [2.24, 2.45) is 0 Å². The fraction of sp³-hybridized carbons (Fsp3) is 0.130. The number of hydrogen-bond acceptors (Lipinski definition) is 14. The van der Waals surface area contributed by atoms with E-state index in [4.69, 9.17) is 9.47 Å². The molecule has 0 saturated carbocycles. The second kappa shape index (κ2) is 10.7. The first-order valence-corrected chi connectivity index (χ1v) is 12.5. The lowest BCUT2D eigenvalue weighted by molar-refractivity contribution is -0.419. The molecule has 0 unspecified atom stereocenters. The Morgan fingerprint density at radius 1 is 0.975 bits per heavy atom. The number of rotatable bonds is 9. The van der Waals surface area contributed by atoms with E-state index in [9.17, 15) is 38.7 Å². The first-order valence-electron chi connectivity index (χ1n) is 11.0. The van der Waals surface area contributed by atoms with Crippen molar-refractivity contribution in [3.63, 3.8) is 0 Å². The van der Waals surface area contributed by atoms with Crippen LogP contribution in [-0.4, -0.2) is 67.2 Å². The molecule has 7 N–H and O–H groups in total. The van der Waals surface area contributed by atoms with Crippen molar-refractivity contribution in [3.05, 3.63) is 64.7 Å². The number of aromatic amines is 1. The molecule has 3 aromatic heterocycles. The number of ether oxygens (including phenoxy) is 3. The maximum Gasteiger partial charge on any atom is 0.453 e. The lowest BCUT2D eigenvalue weighted by Gasteiger charge is -2.20. The number of nitrogens with zero attached hydrogens (tertiary/aromatic N) is 3. The Morgan fingerprint density at radius 2 is 1.62 bits per heavy atom. The highest BCUT2D eigenvalue weighted by Crippen LogP contribution is 2.42. The highest BCUT2D eigenvalue weighted by atomic mass is 32.2. The Balaban J connectivity index is 1.91. The average molecular weight is 576 g/mol. The van der Waals surface area contributed by atoms with Crippen LogP contribution in [0.5, 0.6) is 34.6 Å². The number of H-pyrrole nitrogens is 1. The monoisotopic (exact) mass is 575 g/mol. The van der Waals surface area contributed by atoms with Crippen LogP contribution < -0.4 is 24.5 Å². The number of methoxy groups -OCH3 is 1. The number of nitrogens with one attached hydrogen (secondary N) is 2. The Hall–Kier alpha value is -4.97. The number of anilines is 1. The Bertz CT molecular complexity index is 1720. The molecule has 0 aliphatic carbocycles. The minimum absolute atomic E-state index is 0.0709. The number of sulfonamides is 1. The molecule has 4 aromatic rings. The minimum atomic E-state index is -4.89. The summed E-state index contributed by atoms with van der Waals surface area (Å²) in [6, 6.07) is 8.32. The summed E-state index contributed by atoms with van der Waals surface area (Å²) in [6.45, 7) is 1.17. The van der Waals surface area contributed by atoms with Crippen molar-refractivity contribution in [2.75, 3.05) is 11.8 Å². The molecule has 0 bridgehead atoms. The van der Waals surface area contributed by atoms with Gasteiger partial charge in [-0.25, -0.2) is 4.98 Å². The molecule has 0 aliphatic heterocycles. The second-order valence-electron chi connectivity index (χ2n) is 7.91. The predicted molar refractivity (Wildman–Crippen MR) is 134 cm³/mol. The van der Waals surface area contributed by atoms with Crippen LogP contribution in [0.15, 0.2) is 58.6 Å². The van der Waals surface area contributed by atoms with Crippen LogP contribution in [-0.2, 0) is 10.0 Å². The third-order valence-electron chi connectivity index (χ3n) is 5.14. The lowest BCUT2D eigenvalue weighted by Crippen LogP contribution is -2.34. The van der Waals surface area contributed by atoms with Gasteiger partial charge in [-0.2, -0.15) is 13.4 Å². The first kappa shape index (κ1) is 28.0. The summed E-state index contributed by atoms with van der Waals surface area (Å²) in [7, 11) is -3.70. The van der Waals surface area contributed by atoms with Crippen LogP contribution in [0.2, 0.25) is 0 Å². The summed E-state index contributed by atoms with van der Waals surface area (Å²) in [4.78, 5) is 26.4. The van der Waals surface area contributed by atoms with Gasteiger partial charge < -0.3 is 44.7 Å². The normalized spacial score (nSPS) is 11.6. The van der Waals surface area contributed by atoms with E-state index < -0.39 is 55.6 Å². The zero-order valence-electron chi connectivity index (χ0n) is 20.6. The van der Waals surface area contributed by atoms with Gasteiger partial charge in [-0.15, -0.1) is 0 Å². The van der Waals surface area contributed by atoms with Gasteiger partial charge in [0, 0.05) is 18.0 Å². The summed E-state index contributed by atoms with van der Waals surface area (Å²) < 4.78 is 44.4. The highest BCUT2D eigenvalue weighted by Gasteiger charge is 2.30. The number of aliphatic hydroxyl groups is 3. The molecule has 4 rings (SSSR count). The number of aromatic hydroxyl groups is 2. The van der Waals surface area contributed by atoms with E-state index in [0.29, 0.717) is 5.56 Å². The van der Waals surface area contributed by atoms with E-state index in [1.165, 1.54) is 62.8 Å². The molecule has 0 amide bonds. The zero-order valence-corrected chi connectivity index (χ0v) is 21.4. The molecule has 0 fully saturated rings. The van der Waals surface area contributed by atoms with E-state index in [1.807, 2.05) is 4.98 Å². The molecule has 40 heavy (non-hydrogen) atoms. The smallest absolute Gasteiger partial charge is 0.453 e. The highest BCUT2D eigenvalue weighted by molar-refractivity contribution is 7.92. The predicted octanol–water partition coefficient (Wildman–Crippen LogP) is 0.515. The SMILES string of the molecule is COc1nc(-c2ccncc2)nc(NS(=O)(=O)c2[nH]c(=O)c(C)c(O)c2O)c1Oc1ccccc1OC(O)(O)O. The van der Waals surface area contributed by atoms with E-state index in [2.05, 4.69) is 24.4 Å². The van der Waals surface area contributed by atoms with Crippen LogP contribution in [0, 0.1) is 6.92 Å². The Labute approximate surface area is 224 Å². The number of aromatic nitrogens is 4. The van der Waals surface area contributed by atoms with Crippen molar-refractivity contribution in [2.45, 2.75) is 18.1 Å². The largest absolute Gasteiger partial charge is 0.504 e. The van der Waals surface area contributed by atoms with Crippen LogP contribution in [0.25, 0.3) is 11.4 Å². The van der Waals surface area contributed by atoms with Crippen molar-refractivity contribution in [1.82, 2.24) is 19.9 Å². The fourth-order valence-corrected chi connectivity index (χ4v) is 4.33. The van der Waals surface area contributed by atoms with Crippen LogP contribution in [0.1, 0.15) is 5.56 Å². The maximum atomic E-state index is 13.3. The number of benzene rings is 1. The minimum Gasteiger partial charge on any atom is -0.504 e. The van der Waals surface area contributed by atoms with Gasteiger partial charge in [-0.05, 0) is 31.2 Å². The summed E-state index contributed by atoms with van der Waals surface area (Å²) in [6.07, 6.45) is -0.738. The standard InChI is InChI=1S/C23H21N5O11S/c1-11-15(29)16(30)22(27-20(11)31)40(35,36)28-19-17(38-13-5-3-4-6-14(13)39-23(32,33)34)21(37-2)26-18(25-19)12-7-9-24-10-8-12/h3-10,30,32-34H,1-2H3,(H,25,26,28)(H2,27,29,31). The number of pyridine rings is 2. The molecular weight excluding hydrogens is 554 g/mol. The van der Waals surface area contributed by atoms with Crippen LogP contribution in [0.4, 0.5) is 5.82 Å². The Morgan fingerprint density at radius 3 is 2.25 bits per heavy atom. The van der Waals surface area contributed by atoms with Crippen molar-refractivity contribution in [1.29, 1.82) is 0 Å². The second-order valence-corrected chi connectivity index (χ2v) is 9.53. The van der Waals surface area contributed by atoms with Crippen molar-refractivity contribution in [3.8, 4) is 46.0 Å². The van der Waals surface area contributed by atoms with E-state index in [1.54, 1.807) is 0 Å². The summed E-state index contributed by atoms with van der Waals surface area (Å²) in [5.74, 6) is -4.26. The quantitative estimate of drug-likeness (QED) is 0.134. The van der Waals surface area contributed by atoms with Gasteiger partial charge in [-0.1, -0.05) is 12.1 Å². The van der Waals surface area contributed by atoms with Gasteiger partial charge in [0.25, 0.3) is 21.5 Å². The Kier molecular flexibility index (Phi) is 7.47. The van der Waals surface area contributed by atoms with Crippen molar-refractivity contribution >= 4 is 15.8 Å². The third-order valence-corrected chi connectivity index (χ3v) is 6.43. The van der Waals surface area contributed by atoms with Crippen LogP contribution in [0.3, 0.4) is 0 Å². The van der Waals surface area contributed by atoms with Gasteiger partial charge in [0.1, 0.15) is 0 Å². The first-order chi connectivity index (χ1) is 18.8. The van der Waals surface area contributed by atoms with Crippen molar-refractivity contribution < 1.29 is 48.2 Å². The van der Waals surface area contributed by atoms with E-state index in [0.717, 1.165) is 0 Å². The third kappa shape index (κ3) is 5.86. The van der Waals surface area contributed by atoms with Gasteiger partial charge >= 0.3 is 6.16 Å². The number of hydrogen-bond donors (Lipinski definition) is 7. The molecule has 0 atom stereocenters. The van der Waals surface area contributed by atoms with Gasteiger partial charge in [0.05, 0.1) is 12.7 Å². The van der Waals surface area contributed by atoms with E-state index >= 15 is 0 Å². The lowest BCUT2D eigenvalue weighted by atomic mass is 10.2. The van der Waals surface area contributed by atoms with E-state index in [-0.39, 0.29) is 23.0 Å². The molecule has 0 aliphatic rings. The molecule has 0 spiro atoms. The summed E-state index contributed by atoms with van der Waals surface area (Å²) in [5, 5.41) is 47.0. The van der Waals surface area contributed by atoms with Gasteiger partial charge in [0.2, 0.25) is 10.8 Å². The van der Waals surface area contributed by atoms with Crippen LogP contribution >= 0.6 is 0 Å². The summed E-state index contributed by atoms with van der Waals surface area (Å²) in [5.41, 5.74) is -0.941. The number of para-hydroxylation sites is 2. The molecule has 1 aromatic carbocycles. The molecule has 0 saturated heterocycles. The van der Waals surface area contributed by atoms with Gasteiger partial charge in [0.15, 0.2) is 34.6 Å².